The third-order valence-corrected chi connectivity index (χ3v) is 4.16. The van der Waals surface area contributed by atoms with Crippen LogP contribution in [0.4, 0.5) is 0 Å². The van der Waals surface area contributed by atoms with Gasteiger partial charge in [0.05, 0.1) is 11.0 Å². The molecule has 1 heterocycles. The minimum absolute atomic E-state index is 0.773. The number of benzene rings is 3. The first-order chi connectivity index (χ1) is 10.2. The molecule has 0 N–H and O–H groups in total. The predicted molar refractivity (Wildman–Crippen MR) is 94.0 cm³/mol. The van der Waals surface area contributed by atoms with Gasteiger partial charge in [-0.1, -0.05) is 47.4 Å². The molecule has 4 aromatic rings. The molecule has 0 aliphatic carbocycles. The van der Waals surface area contributed by atoms with E-state index >= 15 is 0 Å². The predicted octanol–water partition coefficient (Wildman–Crippen LogP) is 3.70. The molecular weight excluding hydrogens is 276 g/mol. The van der Waals surface area contributed by atoms with E-state index in [0.29, 0.717) is 0 Å². The minimum atomic E-state index is 0.773. The lowest BCUT2D eigenvalue weighted by Crippen LogP contribution is -2.02. The second-order valence-electron chi connectivity index (χ2n) is 5.35. The van der Waals surface area contributed by atoms with Gasteiger partial charge in [-0.05, 0) is 36.4 Å². The number of fused-ring (bicyclic) bond motifs is 3. The number of nitrogens with zero attached hydrogens (tertiary/aromatic N) is 1. The van der Waals surface area contributed by atoms with Gasteiger partial charge in [0, 0.05) is 21.5 Å². The van der Waals surface area contributed by atoms with E-state index < -0.39 is 0 Å². The smallest absolute Gasteiger partial charge is 0.139 e. The monoisotopic (exact) mass is 289 g/mol. The molecule has 0 aliphatic heterocycles. The highest BCUT2D eigenvalue weighted by molar-refractivity contribution is 6.32. The number of para-hydroxylation sites is 1. The van der Waals surface area contributed by atoms with Gasteiger partial charge in [0.15, 0.2) is 0 Å². The molecule has 0 radical (unpaired) electrons. The molecular formula is C18H13BClN. The van der Waals surface area contributed by atoms with Crippen molar-refractivity contribution in [2.75, 3.05) is 0 Å². The van der Waals surface area contributed by atoms with Gasteiger partial charge in [-0.2, -0.15) is 0 Å². The van der Waals surface area contributed by atoms with Crippen molar-refractivity contribution in [2.24, 2.45) is 0 Å². The molecule has 0 aliphatic rings. The van der Waals surface area contributed by atoms with Crippen LogP contribution in [0.2, 0.25) is 5.02 Å². The topological polar surface area (TPSA) is 4.93 Å². The van der Waals surface area contributed by atoms with E-state index in [9.17, 15) is 0 Å². The summed E-state index contributed by atoms with van der Waals surface area (Å²) >= 11 is 6.19. The van der Waals surface area contributed by atoms with Crippen LogP contribution < -0.4 is 5.46 Å². The number of hydrogen-bond donors (Lipinski definition) is 0. The second-order valence-corrected chi connectivity index (χ2v) is 5.79. The Hall–Kier alpha value is -2.19. The summed E-state index contributed by atoms with van der Waals surface area (Å²) in [6.07, 6.45) is 0. The Balaban J connectivity index is 2.17. The van der Waals surface area contributed by atoms with E-state index in [4.69, 9.17) is 11.6 Å². The van der Waals surface area contributed by atoms with Crippen LogP contribution in [0.25, 0.3) is 27.5 Å². The molecule has 0 saturated heterocycles. The lowest BCUT2D eigenvalue weighted by Gasteiger charge is -2.08. The lowest BCUT2D eigenvalue weighted by molar-refractivity contribution is 1.18. The van der Waals surface area contributed by atoms with Crippen LogP contribution in [0.15, 0.2) is 66.7 Å². The highest BCUT2D eigenvalue weighted by atomic mass is 35.5. The van der Waals surface area contributed by atoms with Crippen LogP contribution in [0.3, 0.4) is 0 Å². The minimum Gasteiger partial charge on any atom is -0.309 e. The average molecular weight is 290 g/mol. The van der Waals surface area contributed by atoms with Gasteiger partial charge < -0.3 is 4.57 Å². The SMILES string of the molecule is Bc1ccc(-n2c3ccccc3c3cc(Cl)ccc32)cc1. The number of aromatic nitrogens is 1. The van der Waals surface area contributed by atoms with Gasteiger partial charge in [-0.25, -0.2) is 0 Å². The summed E-state index contributed by atoms with van der Waals surface area (Å²) in [6, 6.07) is 23.2. The van der Waals surface area contributed by atoms with E-state index in [1.807, 2.05) is 12.1 Å². The number of halogens is 1. The maximum Gasteiger partial charge on any atom is 0.139 e. The van der Waals surface area contributed by atoms with E-state index in [2.05, 4.69) is 67.0 Å². The van der Waals surface area contributed by atoms with Crippen LogP contribution in [0, 0.1) is 0 Å². The van der Waals surface area contributed by atoms with E-state index in [1.165, 1.54) is 33.0 Å². The molecule has 1 nitrogen and oxygen atoms in total. The third-order valence-electron chi connectivity index (χ3n) is 3.93. The van der Waals surface area contributed by atoms with Crippen molar-refractivity contribution in [1.29, 1.82) is 0 Å². The molecule has 21 heavy (non-hydrogen) atoms. The van der Waals surface area contributed by atoms with Crippen molar-refractivity contribution in [1.82, 2.24) is 4.57 Å². The molecule has 3 aromatic carbocycles. The normalized spacial score (nSPS) is 11.3. The number of rotatable bonds is 1. The zero-order valence-electron chi connectivity index (χ0n) is 11.7. The molecule has 0 spiro atoms. The molecule has 1 aromatic heterocycles. The van der Waals surface area contributed by atoms with Crippen molar-refractivity contribution in [2.45, 2.75) is 0 Å². The summed E-state index contributed by atoms with van der Waals surface area (Å²) in [5, 5.41) is 3.20. The quantitative estimate of drug-likeness (QED) is 0.471. The van der Waals surface area contributed by atoms with Crippen LogP contribution in [-0.2, 0) is 0 Å². The average Bonchev–Trinajstić information content (AvgIpc) is 2.82. The molecule has 0 saturated carbocycles. The van der Waals surface area contributed by atoms with Gasteiger partial charge in [0.1, 0.15) is 7.85 Å². The number of hydrogen-bond acceptors (Lipinski definition) is 0. The van der Waals surface area contributed by atoms with Crippen molar-refractivity contribution >= 4 is 46.7 Å². The Bertz CT molecular complexity index is 954. The molecule has 0 unspecified atom stereocenters. The molecule has 0 amide bonds. The van der Waals surface area contributed by atoms with Crippen LogP contribution in [0.5, 0.6) is 0 Å². The van der Waals surface area contributed by atoms with E-state index in [-0.39, 0.29) is 0 Å². The fourth-order valence-electron chi connectivity index (χ4n) is 2.92. The van der Waals surface area contributed by atoms with E-state index in [0.717, 1.165) is 5.02 Å². The highest BCUT2D eigenvalue weighted by Crippen LogP contribution is 2.33. The van der Waals surface area contributed by atoms with Gasteiger partial charge in [0.25, 0.3) is 0 Å². The molecule has 100 valence electrons. The summed E-state index contributed by atoms with van der Waals surface area (Å²) in [7, 11) is 2.11. The van der Waals surface area contributed by atoms with Gasteiger partial charge in [-0.3, -0.25) is 0 Å². The third kappa shape index (κ3) is 1.95. The summed E-state index contributed by atoms with van der Waals surface area (Å²) < 4.78 is 2.29. The highest BCUT2D eigenvalue weighted by Gasteiger charge is 2.11. The Morgan fingerprint density at radius 3 is 2.29 bits per heavy atom. The summed E-state index contributed by atoms with van der Waals surface area (Å²) in [5.41, 5.74) is 4.83. The maximum absolute atomic E-state index is 6.19. The van der Waals surface area contributed by atoms with E-state index in [1.54, 1.807) is 0 Å². The van der Waals surface area contributed by atoms with Crippen molar-refractivity contribution < 1.29 is 0 Å². The lowest BCUT2D eigenvalue weighted by atomic mass is 9.96. The fourth-order valence-corrected chi connectivity index (χ4v) is 3.09. The molecule has 0 bridgehead atoms. The molecule has 4 rings (SSSR count). The molecule has 3 heteroatoms. The van der Waals surface area contributed by atoms with Crippen molar-refractivity contribution in [3.63, 3.8) is 0 Å². The largest absolute Gasteiger partial charge is 0.309 e. The molecule has 0 fully saturated rings. The molecule has 0 atom stereocenters. The first-order valence-corrected chi connectivity index (χ1v) is 7.37. The second kappa shape index (κ2) is 4.68. The summed E-state index contributed by atoms with van der Waals surface area (Å²) in [5.74, 6) is 0. The Labute approximate surface area is 129 Å². The fraction of sp³-hybridized carbons (Fsp3) is 0. The maximum atomic E-state index is 6.19. The zero-order chi connectivity index (χ0) is 14.4. The first kappa shape index (κ1) is 12.5. The zero-order valence-corrected chi connectivity index (χ0v) is 12.4. The van der Waals surface area contributed by atoms with Gasteiger partial charge in [-0.15, -0.1) is 0 Å². The van der Waals surface area contributed by atoms with Crippen LogP contribution >= 0.6 is 11.6 Å². The summed E-state index contributed by atoms with van der Waals surface area (Å²) in [6.45, 7) is 0. The standard InChI is InChI=1S/C18H13BClN/c19-12-5-8-14(9-6-12)21-17-4-2-1-3-15(17)16-11-13(20)7-10-18(16)21/h1-11H,19H2. The first-order valence-electron chi connectivity index (χ1n) is 7.00. The van der Waals surface area contributed by atoms with Gasteiger partial charge >= 0.3 is 0 Å². The van der Waals surface area contributed by atoms with Crippen LogP contribution in [0.1, 0.15) is 0 Å². The van der Waals surface area contributed by atoms with Gasteiger partial charge in [0.2, 0.25) is 0 Å². The Morgan fingerprint density at radius 1 is 0.762 bits per heavy atom. The van der Waals surface area contributed by atoms with Crippen LogP contribution in [-0.4, -0.2) is 12.4 Å². The Morgan fingerprint density at radius 2 is 1.48 bits per heavy atom. The Kier molecular flexibility index (Phi) is 2.79. The van der Waals surface area contributed by atoms with Crippen molar-refractivity contribution in [3.05, 3.63) is 71.8 Å². The van der Waals surface area contributed by atoms with Crippen molar-refractivity contribution in [3.8, 4) is 5.69 Å². The summed E-state index contributed by atoms with van der Waals surface area (Å²) in [4.78, 5) is 0.